The van der Waals surface area contributed by atoms with Gasteiger partial charge >= 0.3 is 0 Å². The quantitative estimate of drug-likeness (QED) is 0.298. The second-order valence-electron chi connectivity index (χ2n) is 6.79. The lowest BCUT2D eigenvalue weighted by Crippen LogP contribution is -2.27. The molecule has 0 unspecified atom stereocenters. The number of hydrogen-bond donors (Lipinski definition) is 0. The van der Waals surface area contributed by atoms with Gasteiger partial charge in [0.25, 0.3) is 5.65 Å². The molecule has 0 saturated heterocycles. The Balaban J connectivity index is 2.24. The van der Waals surface area contributed by atoms with Crippen LogP contribution in [0.15, 0.2) is 42.5 Å². The molecule has 0 amide bonds. The molecule has 0 fully saturated rings. The molecule has 5 aromatic rings. The molecule has 0 aliphatic heterocycles. The van der Waals surface area contributed by atoms with E-state index < -0.39 is 11.6 Å². The minimum absolute atomic E-state index is 0.638. The molecular weight excluding hydrogens is 332 g/mol. The second-order valence-corrected chi connectivity index (χ2v) is 6.79. The fraction of sp³-hybridized carbons (Fsp3) is 0.143. The summed E-state index contributed by atoms with van der Waals surface area (Å²) in [7, 11) is 1.88. The summed E-state index contributed by atoms with van der Waals surface area (Å²) in [6, 6.07) is 12.5. The van der Waals surface area contributed by atoms with Gasteiger partial charge in [0.05, 0.1) is 18.0 Å². The van der Waals surface area contributed by atoms with E-state index in [4.69, 9.17) is 4.98 Å². The molecule has 0 spiro atoms. The van der Waals surface area contributed by atoms with Crippen molar-refractivity contribution in [2.75, 3.05) is 0 Å². The highest BCUT2D eigenvalue weighted by Gasteiger charge is 2.26. The molecule has 0 radical (unpaired) electrons. The van der Waals surface area contributed by atoms with Crippen LogP contribution in [0.3, 0.4) is 0 Å². The van der Waals surface area contributed by atoms with Crippen molar-refractivity contribution in [2.45, 2.75) is 13.8 Å². The van der Waals surface area contributed by atoms with Crippen LogP contribution in [0.4, 0.5) is 8.78 Å². The molecule has 0 saturated carbocycles. The van der Waals surface area contributed by atoms with Gasteiger partial charge in [-0.3, -0.25) is 4.98 Å². The smallest absolute Gasteiger partial charge is 0.252 e. The van der Waals surface area contributed by atoms with Gasteiger partial charge in [0, 0.05) is 23.2 Å². The molecule has 128 valence electrons. The summed E-state index contributed by atoms with van der Waals surface area (Å²) in [5.41, 5.74) is 6.02. The lowest BCUT2D eigenvalue weighted by molar-refractivity contribution is -0.617. The van der Waals surface area contributed by atoms with Gasteiger partial charge in [-0.2, -0.15) is 4.40 Å². The summed E-state index contributed by atoms with van der Waals surface area (Å²) in [4.78, 5) is 4.79. The van der Waals surface area contributed by atoms with Crippen LogP contribution in [-0.4, -0.2) is 9.38 Å². The topological polar surface area (TPSA) is 21.2 Å². The lowest BCUT2D eigenvalue weighted by Gasteiger charge is -2.07. The van der Waals surface area contributed by atoms with E-state index in [9.17, 15) is 8.78 Å². The van der Waals surface area contributed by atoms with Gasteiger partial charge in [0.15, 0.2) is 22.7 Å². The van der Waals surface area contributed by atoms with Gasteiger partial charge in [-0.05, 0) is 37.6 Å². The van der Waals surface area contributed by atoms with Crippen molar-refractivity contribution in [1.82, 2.24) is 9.38 Å². The second kappa shape index (κ2) is 4.97. The molecule has 0 bridgehead atoms. The molecule has 0 N–H and O–H groups in total. The highest BCUT2D eigenvalue weighted by atomic mass is 19.2. The van der Waals surface area contributed by atoms with E-state index in [1.54, 1.807) is 0 Å². The third-order valence-electron chi connectivity index (χ3n) is 5.12. The van der Waals surface area contributed by atoms with Crippen molar-refractivity contribution in [2.24, 2.45) is 7.05 Å². The van der Waals surface area contributed by atoms with Crippen LogP contribution in [0, 0.1) is 25.5 Å². The number of nitrogens with zero attached hydrogens (tertiary/aromatic N) is 3. The lowest BCUT2D eigenvalue weighted by atomic mass is 10.1. The number of para-hydroxylation sites is 1. The van der Waals surface area contributed by atoms with Gasteiger partial charge in [-0.1, -0.05) is 12.1 Å². The van der Waals surface area contributed by atoms with Crippen LogP contribution in [0.2, 0.25) is 0 Å². The number of fused-ring (bicyclic) bond motifs is 8. The summed E-state index contributed by atoms with van der Waals surface area (Å²) < 4.78 is 31.8. The molecule has 3 heterocycles. The summed E-state index contributed by atoms with van der Waals surface area (Å²) in [5, 5.41) is 1.98. The largest absolute Gasteiger partial charge is 0.297 e. The van der Waals surface area contributed by atoms with E-state index in [1.165, 1.54) is 12.1 Å². The Bertz CT molecular complexity index is 1380. The van der Waals surface area contributed by atoms with E-state index in [2.05, 4.69) is 0 Å². The van der Waals surface area contributed by atoms with E-state index >= 15 is 0 Å². The highest BCUT2D eigenvalue weighted by Crippen LogP contribution is 2.32. The first-order valence-electron chi connectivity index (χ1n) is 8.45. The van der Waals surface area contributed by atoms with E-state index in [0.717, 1.165) is 38.7 Å². The molecule has 26 heavy (non-hydrogen) atoms. The van der Waals surface area contributed by atoms with Crippen LogP contribution < -0.4 is 4.57 Å². The van der Waals surface area contributed by atoms with Crippen LogP contribution in [0.1, 0.15) is 11.3 Å². The van der Waals surface area contributed by atoms with Crippen LogP contribution in [0.5, 0.6) is 0 Å². The fourth-order valence-electron chi connectivity index (χ4n) is 4.06. The predicted octanol–water partition coefficient (Wildman–Crippen LogP) is 4.51. The molecular formula is C21H16F2N3+. The number of halogens is 2. The standard InChI is InChI=1S/C21H16F2N3/c1-11-8-12(2)24-20-13-6-4-5-7-16(13)26-18-10-15(23)14(22)9-17(18)25(3)21(26)19(11)20/h4-10H,1-3H3/q+1. The SMILES string of the molecule is Cc1cc(C)c2c(n1)c1ccccc1n1c3cc(F)c(F)cc3[n+](C)c21. The molecule has 5 rings (SSSR count). The van der Waals surface area contributed by atoms with Crippen LogP contribution in [0.25, 0.3) is 38.5 Å². The summed E-state index contributed by atoms with van der Waals surface area (Å²) >= 11 is 0. The van der Waals surface area contributed by atoms with Gasteiger partial charge in [-0.25, -0.2) is 13.3 Å². The number of aryl methyl sites for hydroxylation is 3. The Morgan fingerprint density at radius 3 is 2.50 bits per heavy atom. The summed E-state index contributed by atoms with van der Waals surface area (Å²) in [5.74, 6) is -1.69. The van der Waals surface area contributed by atoms with E-state index in [0.29, 0.717) is 11.0 Å². The van der Waals surface area contributed by atoms with Gasteiger partial charge in [0.2, 0.25) is 0 Å². The average Bonchev–Trinajstić information content (AvgIpc) is 2.88. The zero-order valence-corrected chi connectivity index (χ0v) is 14.6. The Kier molecular flexibility index (Phi) is 2.91. The Hall–Kier alpha value is -3.08. The van der Waals surface area contributed by atoms with Crippen LogP contribution in [-0.2, 0) is 7.05 Å². The molecule has 0 aliphatic rings. The van der Waals surface area contributed by atoms with Crippen molar-refractivity contribution in [3.8, 4) is 0 Å². The Morgan fingerprint density at radius 1 is 0.962 bits per heavy atom. The van der Waals surface area contributed by atoms with Gasteiger partial charge in [-0.15, -0.1) is 0 Å². The van der Waals surface area contributed by atoms with Crippen molar-refractivity contribution in [3.05, 3.63) is 65.4 Å². The molecule has 3 nitrogen and oxygen atoms in total. The van der Waals surface area contributed by atoms with Gasteiger partial charge in [0.1, 0.15) is 5.52 Å². The first-order valence-corrected chi connectivity index (χ1v) is 8.45. The van der Waals surface area contributed by atoms with Crippen molar-refractivity contribution in [1.29, 1.82) is 0 Å². The first-order chi connectivity index (χ1) is 12.5. The number of benzene rings is 2. The van der Waals surface area contributed by atoms with Crippen molar-refractivity contribution < 1.29 is 13.3 Å². The zero-order chi connectivity index (χ0) is 18.2. The maximum atomic E-state index is 14.0. The maximum Gasteiger partial charge on any atom is 0.297 e. The molecule has 2 aromatic carbocycles. The maximum absolute atomic E-state index is 14.0. The fourth-order valence-corrected chi connectivity index (χ4v) is 4.06. The van der Waals surface area contributed by atoms with E-state index in [-0.39, 0.29) is 0 Å². The molecule has 0 atom stereocenters. The predicted molar refractivity (Wildman–Crippen MR) is 98.3 cm³/mol. The minimum Gasteiger partial charge on any atom is -0.252 e. The zero-order valence-electron chi connectivity index (χ0n) is 14.6. The minimum atomic E-state index is -0.847. The highest BCUT2D eigenvalue weighted by molar-refractivity contribution is 6.11. The average molecular weight is 348 g/mol. The third-order valence-corrected chi connectivity index (χ3v) is 5.12. The van der Waals surface area contributed by atoms with Gasteiger partial charge < -0.3 is 0 Å². The molecule has 5 heteroatoms. The van der Waals surface area contributed by atoms with Crippen molar-refractivity contribution in [3.63, 3.8) is 0 Å². The molecule has 0 aliphatic carbocycles. The van der Waals surface area contributed by atoms with Crippen LogP contribution >= 0.6 is 0 Å². The van der Waals surface area contributed by atoms with Crippen molar-refractivity contribution >= 4 is 38.5 Å². The number of pyridine rings is 2. The Labute approximate surface area is 148 Å². The summed E-state index contributed by atoms with van der Waals surface area (Å²) in [6.07, 6.45) is 0. The number of aromatic nitrogens is 3. The number of hydrogen-bond acceptors (Lipinski definition) is 1. The molecule has 3 aromatic heterocycles. The van der Waals surface area contributed by atoms with E-state index in [1.807, 2.05) is 60.2 Å². The third kappa shape index (κ3) is 1.80. The number of rotatable bonds is 0. The summed E-state index contributed by atoms with van der Waals surface area (Å²) in [6.45, 7) is 4.02. The number of imidazole rings is 1. The first kappa shape index (κ1) is 15.2. The normalized spacial score (nSPS) is 12.0. The Morgan fingerprint density at radius 2 is 1.69 bits per heavy atom. The monoisotopic (exact) mass is 348 g/mol.